The maximum atomic E-state index is 13.3. The van der Waals surface area contributed by atoms with Crippen molar-refractivity contribution >= 4 is 5.91 Å². The molecule has 5 heteroatoms. The van der Waals surface area contributed by atoms with E-state index in [1.807, 2.05) is 11.8 Å². The molecule has 1 saturated heterocycles. The van der Waals surface area contributed by atoms with Crippen LogP contribution in [0.1, 0.15) is 30.5 Å². The first-order chi connectivity index (χ1) is 12.1. The van der Waals surface area contributed by atoms with Crippen LogP contribution in [0, 0.1) is 11.6 Å². The molecule has 0 N–H and O–H groups in total. The fourth-order valence-electron chi connectivity index (χ4n) is 3.36. The Balaban J connectivity index is 1.86. The molecule has 3 rings (SSSR count). The van der Waals surface area contributed by atoms with Gasteiger partial charge < -0.3 is 4.90 Å². The molecular weight excluding hydrogens is 322 g/mol. The zero-order valence-corrected chi connectivity index (χ0v) is 14.3. The molecule has 1 amide bonds. The summed E-state index contributed by atoms with van der Waals surface area (Å²) in [5.41, 5.74) is 1.92. The van der Waals surface area contributed by atoms with Crippen molar-refractivity contribution in [2.75, 3.05) is 26.2 Å². The van der Waals surface area contributed by atoms with Gasteiger partial charge in [-0.2, -0.15) is 0 Å². The van der Waals surface area contributed by atoms with Crippen molar-refractivity contribution in [2.45, 2.75) is 19.4 Å². The van der Waals surface area contributed by atoms with Crippen molar-refractivity contribution in [1.82, 2.24) is 9.80 Å². The van der Waals surface area contributed by atoms with E-state index in [0.29, 0.717) is 19.5 Å². The van der Waals surface area contributed by atoms with Gasteiger partial charge in [0.2, 0.25) is 5.91 Å². The largest absolute Gasteiger partial charge is 0.340 e. The predicted molar refractivity (Wildman–Crippen MR) is 93.1 cm³/mol. The van der Waals surface area contributed by atoms with Gasteiger partial charge in [-0.05, 0) is 35.4 Å². The van der Waals surface area contributed by atoms with Gasteiger partial charge in [-0.25, -0.2) is 8.78 Å². The SMILES string of the molecule is CCC(=O)N1CCN(C(c2ccc(F)cc2)c2ccc(F)cc2)CC1. The summed E-state index contributed by atoms with van der Waals surface area (Å²) in [6, 6.07) is 12.8. The number of amides is 1. The van der Waals surface area contributed by atoms with E-state index in [0.717, 1.165) is 24.2 Å². The molecule has 0 aromatic heterocycles. The number of rotatable bonds is 4. The van der Waals surface area contributed by atoms with Gasteiger partial charge in [-0.3, -0.25) is 9.69 Å². The summed E-state index contributed by atoms with van der Waals surface area (Å²) < 4.78 is 26.6. The van der Waals surface area contributed by atoms with Crippen molar-refractivity contribution in [3.8, 4) is 0 Å². The highest BCUT2D eigenvalue weighted by molar-refractivity contribution is 5.75. The standard InChI is InChI=1S/C20H22F2N2O/c1-2-19(25)23-11-13-24(14-12-23)20(15-3-7-17(21)8-4-15)16-5-9-18(22)10-6-16/h3-10,20H,2,11-14H2,1H3. The van der Waals surface area contributed by atoms with Crippen molar-refractivity contribution in [2.24, 2.45) is 0 Å². The van der Waals surface area contributed by atoms with Crippen molar-refractivity contribution < 1.29 is 13.6 Å². The van der Waals surface area contributed by atoms with Crippen LogP contribution in [-0.4, -0.2) is 41.9 Å². The first kappa shape index (κ1) is 17.5. The van der Waals surface area contributed by atoms with Gasteiger partial charge in [0.1, 0.15) is 11.6 Å². The van der Waals surface area contributed by atoms with Crippen LogP contribution in [-0.2, 0) is 4.79 Å². The van der Waals surface area contributed by atoms with E-state index in [2.05, 4.69) is 4.90 Å². The highest BCUT2D eigenvalue weighted by atomic mass is 19.1. The minimum Gasteiger partial charge on any atom is -0.340 e. The van der Waals surface area contributed by atoms with E-state index in [4.69, 9.17) is 0 Å². The number of piperazine rings is 1. The highest BCUT2D eigenvalue weighted by Crippen LogP contribution is 2.30. The van der Waals surface area contributed by atoms with Crippen molar-refractivity contribution in [1.29, 1.82) is 0 Å². The number of nitrogens with zero attached hydrogens (tertiary/aromatic N) is 2. The van der Waals surface area contributed by atoms with Crippen LogP contribution >= 0.6 is 0 Å². The quantitative estimate of drug-likeness (QED) is 0.846. The summed E-state index contributed by atoms with van der Waals surface area (Å²) in [6.07, 6.45) is 0.513. The molecule has 25 heavy (non-hydrogen) atoms. The lowest BCUT2D eigenvalue weighted by molar-refractivity contribution is -0.132. The van der Waals surface area contributed by atoms with Crippen molar-refractivity contribution in [3.63, 3.8) is 0 Å². The van der Waals surface area contributed by atoms with E-state index in [-0.39, 0.29) is 23.6 Å². The third-order valence-electron chi connectivity index (χ3n) is 4.71. The van der Waals surface area contributed by atoms with E-state index in [9.17, 15) is 13.6 Å². The summed E-state index contributed by atoms with van der Waals surface area (Å²) >= 11 is 0. The third-order valence-corrected chi connectivity index (χ3v) is 4.71. The summed E-state index contributed by atoms with van der Waals surface area (Å²) in [5, 5.41) is 0. The molecule has 0 radical (unpaired) electrons. The van der Waals surface area contributed by atoms with Crippen molar-refractivity contribution in [3.05, 3.63) is 71.3 Å². The lowest BCUT2D eigenvalue weighted by Crippen LogP contribution is -2.49. The van der Waals surface area contributed by atoms with Gasteiger partial charge >= 0.3 is 0 Å². The Hall–Kier alpha value is -2.27. The second kappa shape index (κ2) is 7.74. The summed E-state index contributed by atoms with van der Waals surface area (Å²) in [7, 11) is 0. The van der Waals surface area contributed by atoms with E-state index in [1.54, 1.807) is 24.3 Å². The minimum atomic E-state index is -0.278. The Morgan fingerprint density at radius 2 is 1.32 bits per heavy atom. The van der Waals surface area contributed by atoms with Gasteiger partial charge in [-0.1, -0.05) is 31.2 Å². The minimum absolute atomic E-state index is 0.0833. The van der Waals surface area contributed by atoms with E-state index < -0.39 is 0 Å². The summed E-state index contributed by atoms with van der Waals surface area (Å²) in [6.45, 7) is 4.67. The van der Waals surface area contributed by atoms with Crippen LogP contribution < -0.4 is 0 Å². The second-order valence-corrected chi connectivity index (χ2v) is 6.28. The molecule has 3 nitrogen and oxygen atoms in total. The van der Waals surface area contributed by atoms with Gasteiger partial charge in [0.25, 0.3) is 0 Å². The molecule has 1 fully saturated rings. The maximum Gasteiger partial charge on any atom is 0.222 e. The van der Waals surface area contributed by atoms with Crippen LogP contribution in [0.3, 0.4) is 0 Å². The van der Waals surface area contributed by atoms with Gasteiger partial charge in [0.05, 0.1) is 6.04 Å². The smallest absolute Gasteiger partial charge is 0.222 e. The summed E-state index contributed by atoms with van der Waals surface area (Å²) in [5.74, 6) is -0.389. The molecule has 1 aliphatic heterocycles. The number of benzene rings is 2. The Kier molecular flexibility index (Phi) is 5.43. The fraction of sp³-hybridized carbons (Fsp3) is 0.350. The zero-order chi connectivity index (χ0) is 17.8. The molecular formula is C20H22F2N2O. The lowest BCUT2D eigenvalue weighted by Gasteiger charge is -2.39. The number of carbonyl (C=O) groups excluding carboxylic acids is 1. The first-order valence-corrected chi connectivity index (χ1v) is 8.61. The topological polar surface area (TPSA) is 23.6 Å². The van der Waals surface area contributed by atoms with E-state index >= 15 is 0 Å². The Morgan fingerprint density at radius 1 is 0.880 bits per heavy atom. The maximum absolute atomic E-state index is 13.3. The molecule has 0 saturated carbocycles. The van der Waals surface area contributed by atoms with Crippen LogP contribution in [0.25, 0.3) is 0 Å². The lowest BCUT2D eigenvalue weighted by atomic mass is 9.96. The van der Waals surface area contributed by atoms with Crippen LogP contribution in [0.5, 0.6) is 0 Å². The molecule has 2 aromatic carbocycles. The van der Waals surface area contributed by atoms with Gasteiger partial charge in [0.15, 0.2) is 0 Å². The molecule has 0 aliphatic carbocycles. The second-order valence-electron chi connectivity index (χ2n) is 6.28. The number of hydrogen-bond donors (Lipinski definition) is 0. The predicted octanol–water partition coefficient (Wildman–Crippen LogP) is 3.61. The van der Waals surface area contributed by atoms with Crippen LogP contribution in [0.4, 0.5) is 8.78 Å². The zero-order valence-electron chi connectivity index (χ0n) is 14.3. The first-order valence-electron chi connectivity index (χ1n) is 8.61. The van der Waals surface area contributed by atoms with Gasteiger partial charge in [-0.15, -0.1) is 0 Å². The molecule has 1 aliphatic rings. The van der Waals surface area contributed by atoms with E-state index in [1.165, 1.54) is 24.3 Å². The molecule has 0 bridgehead atoms. The highest BCUT2D eigenvalue weighted by Gasteiger charge is 2.27. The summed E-state index contributed by atoms with van der Waals surface area (Å²) in [4.78, 5) is 16.0. The van der Waals surface area contributed by atoms with Crippen LogP contribution in [0.15, 0.2) is 48.5 Å². The van der Waals surface area contributed by atoms with Crippen LogP contribution in [0.2, 0.25) is 0 Å². The Bertz CT molecular complexity index is 662. The number of hydrogen-bond acceptors (Lipinski definition) is 2. The molecule has 132 valence electrons. The molecule has 0 spiro atoms. The average Bonchev–Trinajstić information content (AvgIpc) is 2.65. The molecule has 2 aromatic rings. The fourth-order valence-corrected chi connectivity index (χ4v) is 3.36. The average molecular weight is 344 g/mol. The molecule has 0 atom stereocenters. The molecule has 0 unspecified atom stereocenters. The number of halogens is 2. The number of carbonyl (C=O) groups is 1. The Morgan fingerprint density at radius 3 is 1.72 bits per heavy atom. The third kappa shape index (κ3) is 4.04. The normalized spacial score (nSPS) is 15.6. The monoisotopic (exact) mass is 344 g/mol. The Labute approximate surface area is 146 Å². The molecule has 1 heterocycles. The van der Waals surface area contributed by atoms with Gasteiger partial charge in [0, 0.05) is 32.6 Å².